The summed E-state index contributed by atoms with van der Waals surface area (Å²) in [4.78, 5) is 11.8. The van der Waals surface area contributed by atoms with Gasteiger partial charge in [0.1, 0.15) is 0 Å². The Hall–Kier alpha value is -1.55. The minimum atomic E-state index is -1.30. The fourth-order valence-electron chi connectivity index (χ4n) is 1.80. The topological polar surface area (TPSA) is 73.9 Å². The van der Waals surface area contributed by atoms with Crippen LogP contribution in [-0.4, -0.2) is 12.6 Å². The number of carbonyl (C=O) groups is 1. The van der Waals surface area contributed by atoms with Crippen molar-refractivity contribution in [3.8, 4) is 12.1 Å². The lowest BCUT2D eigenvalue weighted by Crippen LogP contribution is -2.38. The van der Waals surface area contributed by atoms with Crippen molar-refractivity contribution < 1.29 is 9.53 Å². The molecule has 0 aliphatic carbocycles. The first kappa shape index (κ1) is 14.5. The Bertz CT molecular complexity index is 314. The zero-order chi connectivity index (χ0) is 12.6. The third-order valence-corrected chi connectivity index (χ3v) is 2.64. The molecule has 0 aromatic rings. The van der Waals surface area contributed by atoms with E-state index in [1.807, 2.05) is 19.1 Å². The van der Waals surface area contributed by atoms with E-state index in [1.54, 1.807) is 13.8 Å². The molecule has 4 nitrogen and oxygen atoms in total. The van der Waals surface area contributed by atoms with Crippen molar-refractivity contribution in [3.63, 3.8) is 0 Å². The molecule has 0 aromatic carbocycles. The fraction of sp³-hybridized carbons (Fsp3) is 0.750. The number of nitrogens with zero attached hydrogens (tertiary/aromatic N) is 2. The Morgan fingerprint density at radius 1 is 1.38 bits per heavy atom. The van der Waals surface area contributed by atoms with E-state index in [2.05, 4.69) is 0 Å². The van der Waals surface area contributed by atoms with Crippen LogP contribution >= 0.6 is 0 Å². The van der Waals surface area contributed by atoms with Gasteiger partial charge in [-0.3, -0.25) is 4.79 Å². The molecule has 16 heavy (non-hydrogen) atoms. The molecular formula is C12H18N2O2. The molecule has 0 saturated carbocycles. The third kappa shape index (κ3) is 2.73. The van der Waals surface area contributed by atoms with Gasteiger partial charge in [0.25, 0.3) is 0 Å². The van der Waals surface area contributed by atoms with Crippen molar-refractivity contribution in [1.82, 2.24) is 0 Å². The first-order valence-corrected chi connectivity index (χ1v) is 5.60. The van der Waals surface area contributed by atoms with Crippen molar-refractivity contribution in [2.45, 2.75) is 40.0 Å². The molecule has 0 N–H and O–H groups in total. The van der Waals surface area contributed by atoms with E-state index in [0.717, 1.165) is 0 Å². The summed E-state index contributed by atoms with van der Waals surface area (Å²) in [6, 6.07) is 4.05. The summed E-state index contributed by atoms with van der Waals surface area (Å²) < 4.78 is 4.92. The molecule has 2 unspecified atom stereocenters. The lowest BCUT2D eigenvalue weighted by Gasteiger charge is -2.27. The molecule has 0 fully saturated rings. The van der Waals surface area contributed by atoms with E-state index in [9.17, 15) is 10.1 Å². The molecule has 0 radical (unpaired) electrons. The Morgan fingerprint density at radius 3 is 2.31 bits per heavy atom. The van der Waals surface area contributed by atoms with Crippen molar-refractivity contribution in [2.75, 3.05) is 6.61 Å². The smallest absolute Gasteiger partial charge is 0.327 e. The first-order chi connectivity index (χ1) is 7.62. The van der Waals surface area contributed by atoms with Crippen molar-refractivity contribution in [2.24, 2.45) is 11.3 Å². The second-order valence-corrected chi connectivity index (χ2v) is 3.64. The molecule has 2 atom stereocenters. The van der Waals surface area contributed by atoms with Gasteiger partial charge in [0, 0.05) is 0 Å². The predicted octanol–water partition coefficient (Wildman–Crippen LogP) is 2.41. The van der Waals surface area contributed by atoms with Gasteiger partial charge in [-0.15, -0.1) is 0 Å². The van der Waals surface area contributed by atoms with Crippen molar-refractivity contribution >= 4 is 5.97 Å². The van der Waals surface area contributed by atoms with Crippen molar-refractivity contribution in [3.05, 3.63) is 0 Å². The summed E-state index contributed by atoms with van der Waals surface area (Å²) in [5.74, 6) is -1.16. The number of nitriles is 2. The maximum atomic E-state index is 11.8. The lowest BCUT2D eigenvalue weighted by atomic mass is 9.72. The highest BCUT2D eigenvalue weighted by Gasteiger charge is 2.46. The van der Waals surface area contributed by atoms with Gasteiger partial charge >= 0.3 is 5.97 Å². The van der Waals surface area contributed by atoms with Gasteiger partial charge in [-0.25, -0.2) is 0 Å². The quantitative estimate of drug-likeness (QED) is 0.647. The number of rotatable bonds is 6. The molecule has 0 aromatic heterocycles. The molecule has 0 bridgehead atoms. The molecule has 4 heteroatoms. The minimum Gasteiger partial charge on any atom is -0.465 e. The number of hydrogen-bond acceptors (Lipinski definition) is 4. The lowest BCUT2D eigenvalue weighted by molar-refractivity contribution is -0.154. The minimum absolute atomic E-state index is 0.230. The van der Waals surface area contributed by atoms with Gasteiger partial charge in [-0.1, -0.05) is 20.3 Å². The highest BCUT2D eigenvalue weighted by Crippen LogP contribution is 2.35. The average Bonchev–Trinajstić information content (AvgIpc) is 2.29. The van der Waals surface area contributed by atoms with Gasteiger partial charge in [0.2, 0.25) is 0 Å². The summed E-state index contributed by atoms with van der Waals surface area (Å²) in [6.07, 6.45) is 1.52. The van der Waals surface area contributed by atoms with Gasteiger partial charge in [-0.05, 0) is 19.8 Å². The van der Waals surface area contributed by atoms with Gasteiger partial charge in [-0.2, -0.15) is 10.5 Å². The molecule has 0 rings (SSSR count). The SMILES string of the molecule is CCCC(C#N)(C(=O)OCC)C(C#N)CC. The van der Waals surface area contributed by atoms with Crippen LogP contribution in [-0.2, 0) is 9.53 Å². The second-order valence-electron chi connectivity index (χ2n) is 3.64. The highest BCUT2D eigenvalue weighted by atomic mass is 16.5. The van der Waals surface area contributed by atoms with Crippen LogP contribution in [0.4, 0.5) is 0 Å². The summed E-state index contributed by atoms with van der Waals surface area (Å²) in [6.45, 7) is 5.61. The Morgan fingerprint density at radius 2 is 2.00 bits per heavy atom. The van der Waals surface area contributed by atoms with Crippen LogP contribution in [0.3, 0.4) is 0 Å². The van der Waals surface area contributed by atoms with Crippen LogP contribution in [0.5, 0.6) is 0 Å². The van der Waals surface area contributed by atoms with Crippen LogP contribution in [0.15, 0.2) is 0 Å². The Kier molecular flexibility index (Phi) is 6.18. The average molecular weight is 222 g/mol. The molecule has 0 spiro atoms. The highest BCUT2D eigenvalue weighted by molar-refractivity contribution is 5.81. The van der Waals surface area contributed by atoms with Crippen LogP contribution in [0.25, 0.3) is 0 Å². The zero-order valence-electron chi connectivity index (χ0n) is 10.1. The summed E-state index contributed by atoms with van der Waals surface area (Å²) in [5.41, 5.74) is -1.30. The van der Waals surface area contributed by atoms with Crippen LogP contribution in [0.2, 0.25) is 0 Å². The maximum Gasteiger partial charge on any atom is 0.327 e. The number of ether oxygens (including phenoxy) is 1. The van der Waals surface area contributed by atoms with E-state index < -0.39 is 17.3 Å². The predicted molar refractivity (Wildman–Crippen MR) is 59.0 cm³/mol. The second kappa shape index (κ2) is 6.85. The number of carbonyl (C=O) groups excluding carboxylic acids is 1. The molecule has 88 valence electrons. The molecule has 0 aliphatic rings. The normalized spacial score (nSPS) is 15.3. The molecule has 0 amide bonds. The molecule has 0 saturated heterocycles. The maximum absolute atomic E-state index is 11.8. The largest absolute Gasteiger partial charge is 0.465 e. The van der Waals surface area contributed by atoms with Gasteiger partial charge in [0.15, 0.2) is 5.41 Å². The van der Waals surface area contributed by atoms with E-state index in [0.29, 0.717) is 19.3 Å². The summed E-state index contributed by atoms with van der Waals surface area (Å²) in [7, 11) is 0. The fourth-order valence-corrected chi connectivity index (χ4v) is 1.80. The van der Waals surface area contributed by atoms with Gasteiger partial charge < -0.3 is 4.74 Å². The van der Waals surface area contributed by atoms with Crippen LogP contribution < -0.4 is 0 Å². The van der Waals surface area contributed by atoms with Crippen LogP contribution in [0, 0.1) is 34.0 Å². The van der Waals surface area contributed by atoms with E-state index in [1.165, 1.54) is 0 Å². The molecular weight excluding hydrogens is 204 g/mol. The molecule has 0 aliphatic heterocycles. The zero-order valence-corrected chi connectivity index (χ0v) is 10.1. The third-order valence-electron chi connectivity index (χ3n) is 2.64. The monoisotopic (exact) mass is 222 g/mol. The standard InChI is InChI=1S/C12H18N2O2/c1-4-7-12(9-14,10(5-2)8-13)11(15)16-6-3/h10H,4-7H2,1-3H3. The van der Waals surface area contributed by atoms with E-state index in [-0.39, 0.29) is 6.61 Å². The van der Waals surface area contributed by atoms with Gasteiger partial charge in [0.05, 0.1) is 24.7 Å². The van der Waals surface area contributed by atoms with E-state index in [4.69, 9.17) is 10.00 Å². The summed E-state index contributed by atoms with van der Waals surface area (Å²) in [5, 5.41) is 18.3. The number of esters is 1. The summed E-state index contributed by atoms with van der Waals surface area (Å²) >= 11 is 0. The van der Waals surface area contributed by atoms with Crippen molar-refractivity contribution in [1.29, 1.82) is 10.5 Å². The Balaban J connectivity index is 5.24. The Labute approximate surface area is 96.8 Å². The molecule has 0 heterocycles. The number of hydrogen-bond donors (Lipinski definition) is 0. The van der Waals surface area contributed by atoms with Crippen LogP contribution in [0.1, 0.15) is 40.0 Å². The van der Waals surface area contributed by atoms with E-state index >= 15 is 0 Å². The first-order valence-electron chi connectivity index (χ1n) is 5.60.